The van der Waals surface area contributed by atoms with E-state index in [2.05, 4.69) is 35.2 Å². The number of hydrogen-bond donors (Lipinski definition) is 3. The Morgan fingerprint density at radius 2 is 2.00 bits per heavy atom. The Balaban J connectivity index is 2.04. The number of hydrogen-bond acceptors (Lipinski definition) is 5. The van der Waals surface area contributed by atoms with Crippen LogP contribution >= 0.6 is 11.8 Å². The zero-order valence-electron chi connectivity index (χ0n) is 11.0. The molecule has 1 heterocycles. The molecule has 2 rings (SSSR count). The van der Waals surface area contributed by atoms with Crippen molar-refractivity contribution in [1.29, 1.82) is 0 Å². The molecule has 1 aliphatic heterocycles. The second kappa shape index (κ2) is 5.84. The van der Waals surface area contributed by atoms with Crippen molar-refractivity contribution in [2.45, 2.75) is 26.3 Å². The first-order valence-corrected chi connectivity index (χ1v) is 7.07. The number of aryl methyl sites for hydroxylation is 3. The summed E-state index contributed by atoms with van der Waals surface area (Å²) in [4.78, 5) is 12.3. The van der Waals surface area contributed by atoms with Gasteiger partial charge in [0.2, 0.25) is 0 Å². The first-order chi connectivity index (χ1) is 8.58. The van der Waals surface area contributed by atoms with Crippen LogP contribution in [0.15, 0.2) is 12.1 Å². The number of Topliss-reactive ketones (excluding diaryl/α,β-unsaturated/α-hetero) is 1. The topological polar surface area (TPSA) is 53.2 Å². The highest BCUT2D eigenvalue weighted by atomic mass is 32.2. The van der Waals surface area contributed by atoms with Crippen LogP contribution in [0.25, 0.3) is 0 Å². The fourth-order valence-corrected chi connectivity index (χ4v) is 3.12. The molecule has 1 fully saturated rings. The number of thioether (sulfide) groups is 1. The molecule has 3 N–H and O–H groups in total. The average Bonchev–Trinajstić information content (AvgIpc) is 2.77. The van der Waals surface area contributed by atoms with Crippen molar-refractivity contribution in [3.05, 3.63) is 34.4 Å². The number of ketones is 1. The minimum absolute atomic E-state index is 0.111. The van der Waals surface area contributed by atoms with E-state index in [0.717, 1.165) is 23.4 Å². The second-order valence-electron chi connectivity index (χ2n) is 4.59. The largest absolute Gasteiger partial charge is 0.293 e. The molecule has 1 atom stereocenters. The molecule has 1 aliphatic rings. The lowest BCUT2D eigenvalue weighted by Crippen LogP contribution is -2.31. The maximum absolute atomic E-state index is 12.3. The van der Waals surface area contributed by atoms with Crippen molar-refractivity contribution in [1.82, 2.24) is 16.2 Å². The summed E-state index contributed by atoms with van der Waals surface area (Å²) in [6, 6.07) is 4.14. The van der Waals surface area contributed by atoms with Gasteiger partial charge in [0.15, 0.2) is 5.78 Å². The van der Waals surface area contributed by atoms with Crippen LogP contribution in [0, 0.1) is 20.8 Å². The molecule has 1 saturated heterocycles. The number of rotatable bonds is 4. The van der Waals surface area contributed by atoms with E-state index in [1.54, 1.807) is 11.8 Å². The van der Waals surface area contributed by atoms with Crippen LogP contribution in [0.2, 0.25) is 0 Å². The van der Waals surface area contributed by atoms with E-state index >= 15 is 0 Å². The normalized spacial score (nSPS) is 19.2. The smallest absolute Gasteiger partial charge is 0.173 e. The van der Waals surface area contributed by atoms with Crippen LogP contribution in [-0.4, -0.2) is 23.7 Å². The number of nitrogens with one attached hydrogen (secondary N) is 3. The monoisotopic (exact) mass is 265 g/mol. The molecule has 0 amide bonds. The van der Waals surface area contributed by atoms with Gasteiger partial charge in [0.1, 0.15) is 5.50 Å². The highest BCUT2D eigenvalue weighted by molar-refractivity contribution is 8.00. The summed E-state index contributed by atoms with van der Waals surface area (Å²) in [5.41, 5.74) is 10.4. The van der Waals surface area contributed by atoms with Gasteiger partial charge in [-0.3, -0.25) is 10.1 Å². The molecule has 0 aliphatic carbocycles. The van der Waals surface area contributed by atoms with Crippen LogP contribution in [0.5, 0.6) is 0 Å². The van der Waals surface area contributed by atoms with Gasteiger partial charge in [0.25, 0.3) is 0 Å². The van der Waals surface area contributed by atoms with Crippen LogP contribution in [0.3, 0.4) is 0 Å². The van der Waals surface area contributed by atoms with Gasteiger partial charge in [-0.25, -0.2) is 10.9 Å². The lowest BCUT2D eigenvalue weighted by Gasteiger charge is -2.12. The third-order valence-electron chi connectivity index (χ3n) is 2.95. The van der Waals surface area contributed by atoms with Gasteiger partial charge in [-0.15, -0.1) is 11.8 Å². The Morgan fingerprint density at radius 1 is 1.33 bits per heavy atom. The van der Waals surface area contributed by atoms with Crippen LogP contribution < -0.4 is 16.2 Å². The SMILES string of the molecule is Cc1cc(C)c(C(=O)CSC2NCNN2)c(C)c1. The third-order valence-corrected chi connectivity index (χ3v) is 3.99. The third kappa shape index (κ3) is 3.11. The van der Waals surface area contributed by atoms with Gasteiger partial charge in [-0.05, 0) is 31.9 Å². The van der Waals surface area contributed by atoms with Gasteiger partial charge in [0.05, 0.1) is 12.4 Å². The van der Waals surface area contributed by atoms with Crippen molar-refractivity contribution < 1.29 is 4.79 Å². The maximum Gasteiger partial charge on any atom is 0.173 e. The van der Waals surface area contributed by atoms with Crippen LogP contribution in [-0.2, 0) is 0 Å². The van der Waals surface area contributed by atoms with E-state index in [-0.39, 0.29) is 11.3 Å². The average molecular weight is 265 g/mol. The molecule has 5 heteroatoms. The van der Waals surface area contributed by atoms with E-state index < -0.39 is 0 Å². The zero-order valence-corrected chi connectivity index (χ0v) is 11.8. The van der Waals surface area contributed by atoms with Gasteiger partial charge in [-0.2, -0.15) is 0 Å². The molecule has 0 saturated carbocycles. The minimum Gasteiger partial charge on any atom is -0.293 e. The molecule has 1 aromatic carbocycles. The molecule has 0 bridgehead atoms. The summed E-state index contributed by atoms with van der Waals surface area (Å²) in [5, 5.41) is 3.19. The summed E-state index contributed by atoms with van der Waals surface area (Å²) < 4.78 is 0. The summed E-state index contributed by atoms with van der Waals surface area (Å²) in [5.74, 6) is 0.683. The number of carbonyl (C=O) groups is 1. The molecule has 0 spiro atoms. The fourth-order valence-electron chi connectivity index (χ4n) is 2.29. The second-order valence-corrected chi connectivity index (χ2v) is 5.68. The van der Waals surface area contributed by atoms with Crippen LogP contribution in [0.1, 0.15) is 27.0 Å². The number of benzene rings is 1. The molecular formula is C13H19N3OS. The zero-order chi connectivity index (χ0) is 13.1. The Morgan fingerprint density at radius 3 is 2.56 bits per heavy atom. The highest BCUT2D eigenvalue weighted by Gasteiger charge is 2.17. The lowest BCUT2D eigenvalue weighted by atomic mass is 9.97. The predicted molar refractivity (Wildman–Crippen MR) is 75.5 cm³/mol. The standard InChI is InChI=1S/C13H19N3OS/c1-8-4-9(2)12(10(3)5-8)11(17)6-18-13-14-7-15-16-13/h4-5,13-16H,6-7H2,1-3H3. The highest BCUT2D eigenvalue weighted by Crippen LogP contribution is 2.19. The molecule has 18 heavy (non-hydrogen) atoms. The van der Waals surface area contributed by atoms with Gasteiger partial charge in [-0.1, -0.05) is 17.7 Å². The maximum atomic E-state index is 12.3. The molecule has 1 unspecified atom stereocenters. The summed E-state index contributed by atoms with van der Waals surface area (Å²) >= 11 is 1.57. The van der Waals surface area contributed by atoms with Crippen molar-refractivity contribution in [3.63, 3.8) is 0 Å². The van der Waals surface area contributed by atoms with Crippen molar-refractivity contribution >= 4 is 17.5 Å². The first-order valence-electron chi connectivity index (χ1n) is 6.02. The van der Waals surface area contributed by atoms with Crippen molar-refractivity contribution in [2.24, 2.45) is 0 Å². The van der Waals surface area contributed by atoms with E-state index in [9.17, 15) is 4.79 Å². The molecule has 98 valence electrons. The summed E-state index contributed by atoms with van der Waals surface area (Å²) in [6.45, 7) is 6.80. The molecule has 1 aromatic rings. The Kier molecular flexibility index (Phi) is 4.40. The number of hydrazine groups is 1. The van der Waals surface area contributed by atoms with Gasteiger partial charge in [0, 0.05) is 5.56 Å². The molecule has 0 radical (unpaired) electrons. The quantitative estimate of drug-likeness (QED) is 0.720. The van der Waals surface area contributed by atoms with Gasteiger partial charge < -0.3 is 0 Å². The summed E-state index contributed by atoms with van der Waals surface area (Å²) in [6.07, 6.45) is 0. The Bertz CT molecular complexity index is 433. The molecule has 4 nitrogen and oxygen atoms in total. The molecule has 0 aromatic heterocycles. The Labute approximate surface area is 112 Å². The summed E-state index contributed by atoms with van der Waals surface area (Å²) in [7, 11) is 0. The Hall–Kier alpha value is -0.880. The lowest BCUT2D eigenvalue weighted by molar-refractivity contribution is 0.102. The van der Waals surface area contributed by atoms with Crippen molar-refractivity contribution in [3.8, 4) is 0 Å². The van der Waals surface area contributed by atoms with E-state index in [1.165, 1.54) is 5.56 Å². The van der Waals surface area contributed by atoms with Gasteiger partial charge >= 0.3 is 0 Å². The number of carbonyl (C=O) groups excluding carboxylic acids is 1. The fraction of sp³-hybridized carbons (Fsp3) is 0.462. The first kappa shape index (κ1) is 13.5. The van der Waals surface area contributed by atoms with Crippen LogP contribution in [0.4, 0.5) is 0 Å². The minimum atomic E-state index is 0.111. The van der Waals surface area contributed by atoms with E-state index in [0.29, 0.717) is 5.75 Å². The van der Waals surface area contributed by atoms with Crippen molar-refractivity contribution in [2.75, 3.05) is 12.4 Å². The van der Waals surface area contributed by atoms with E-state index in [1.807, 2.05) is 13.8 Å². The molecular weight excluding hydrogens is 246 g/mol. The van der Waals surface area contributed by atoms with E-state index in [4.69, 9.17) is 0 Å². The predicted octanol–water partition coefficient (Wildman–Crippen LogP) is 1.47.